The summed E-state index contributed by atoms with van der Waals surface area (Å²) in [6, 6.07) is 13.0. The van der Waals surface area contributed by atoms with E-state index in [0.717, 1.165) is 37.3 Å². The number of likely N-dealkylation sites (tertiary alicyclic amines) is 1. The number of carbonyl (C=O) groups excluding carboxylic acids is 1. The average molecular weight is 371 g/mol. The molecule has 1 atom stereocenters. The number of hydrogen-bond donors (Lipinski definition) is 0. The average Bonchev–Trinajstić information content (AvgIpc) is 3.22. The highest BCUT2D eigenvalue weighted by Crippen LogP contribution is 2.27. The number of nitriles is 1. The molecule has 0 aliphatic carbocycles. The molecular weight excluding hydrogens is 350 g/mol. The maximum Gasteiger partial charge on any atom is 0.253 e. The molecule has 28 heavy (non-hydrogen) atoms. The summed E-state index contributed by atoms with van der Waals surface area (Å²) >= 11 is 0. The molecular formula is C22H21N5O. The number of piperidine rings is 1. The van der Waals surface area contributed by atoms with Crippen LogP contribution in [0.2, 0.25) is 0 Å². The number of nitrogens with zero attached hydrogens (tertiary/aromatic N) is 5. The maximum absolute atomic E-state index is 12.9. The van der Waals surface area contributed by atoms with Crippen LogP contribution in [0.25, 0.3) is 0 Å². The van der Waals surface area contributed by atoms with E-state index in [2.05, 4.69) is 26.7 Å². The first-order valence-electron chi connectivity index (χ1n) is 9.44. The second-order valence-corrected chi connectivity index (χ2v) is 7.06. The van der Waals surface area contributed by atoms with Gasteiger partial charge in [-0.3, -0.25) is 9.78 Å². The first-order valence-corrected chi connectivity index (χ1v) is 9.44. The Morgan fingerprint density at radius 3 is 3.00 bits per heavy atom. The van der Waals surface area contributed by atoms with Crippen LogP contribution in [0.15, 0.2) is 61.2 Å². The fourth-order valence-corrected chi connectivity index (χ4v) is 3.78. The SMILES string of the molecule is N#Cc1cccc(C(=O)N2CCC[C@H](c3nccn3Cc3cccnc3)C2)c1. The Balaban J connectivity index is 1.51. The molecule has 140 valence electrons. The molecule has 4 rings (SSSR count). The van der Waals surface area contributed by atoms with Crippen LogP contribution in [0.5, 0.6) is 0 Å². The lowest BCUT2D eigenvalue weighted by Gasteiger charge is -2.33. The number of imidazole rings is 1. The van der Waals surface area contributed by atoms with Crippen LogP contribution in [-0.4, -0.2) is 38.4 Å². The van der Waals surface area contributed by atoms with Crippen molar-refractivity contribution in [3.05, 3.63) is 83.7 Å². The van der Waals surface area contributed by atoms with Gasteiger partial charge in [0.1, 0.15) is 5.82 Å². The molecule has 0 radical (unpaired) electrons. The molecule has 6 nitrogen and oxygen atoms in total. The van der Waals surface area contributed by atoms with E-state index in [9.17, 15) is 4.79 Å². The molecule has 6 heteroatoms. The number of hydrogen-bond acceptors (Lipinski definition) is 4. The van der Waals surface area contributed by atoms with Crippen LogP contribution in [0.3, 0.4) is 0 Å². The van der Waals surface area contributed by atoms with Crippen LogP contribution >= 0.6 is 0 Å². The predicted octanol–water partition coefficient (Wildman–Crippen LogP) is 3.22. The van der Waals surface area contributed by atoms with Crippen molar-refractivity contribution < 1.29 is 4.79 Å². The fraction of sp³-hybridized carbons (Fsp3) is 0.273. The summed E-state index contributed by atoms with van der Waals surface area (Å²) < 4.78 is 2.14. The molecule has 1 fully saturated rings. The number of benzene rings is 1. The van der Waals surface area contributed by atoms with Gasteiger partial charge in [-0.15, -0.1) is 0 Å². The van der Waals surface area contributed by atoms with Gasteiger partial charge in [0.05, 0.1) is 18.2 Å². The Kier molecular flexibility index (Phi) is 5.16. The molecule has 1 aromatic carbocycles. The summed E-state index contributed by atoms with van der Waals surface area (Å²) in [5.74, 6) is 1.18. The van der Waals surface area contributed by atoms with E-state index in [1.165, 1.54) is 0 Å². The number of amides is 1. The molecule has 0 N–H and O–H groups in total. The Labute approximate surface area is 164 Å². The summed E-state index contributed by atoms with van der Waals surface area (Å²) in [6.45, 7) is 2.09. The predicted molar refractivity (Wildman–Crippen MR) is 105 cm³/mol. The van der Waals surface area contributed by atoms with Crippen molar-refractivity contribution in [2.75, 3.05) is 13.1 Å². The first kappa shape index (κ1) is 17.9. The molecule has 1 amide bonds. The van der Waals surface area contributed by atoms with Crippen LogP contribution in [0.1, 0.15) is 46.1 Å². The highest BCUT2D eigenvalue weighted by molar-refractivity contribution is 5.94. The van der Waals surface area contributed by atoms with Crippen molar-refractivity contribution in [1.29, 1.82) is 5.26 Å². The quantitative estimate of drug-likeness (QED) is 0.706. The lowest BCUT2D eigenvalue weighted by Crippen LogP contribution is -2.39. The summed E-state index contributed by atoms with van der Waals surface area (Å²) in [7, 11) is 0. The second-order valence-electron chi connectivity index (χ2n) is 7.06. The Hall–Kier alpha value is -3.46. The molecule has 1 aliphatic rings. The largest absolute Gasteiger partial charge is 0.338 e. The van der Waals surface area contributed by atoms with E-state index in [0.29, 0.717) is 17.7 Å². The lowest BCUT2D eigenvalue weighted by atomic mass is 9.96. The third kappa shape index (κ3) is 3.79. The van der Waals surface area contributed by atoms with Crippen LogP contribution in [0.4, 0.5) is 0 Å². The Morgan fingerprint density at radius 2 is 2.18 bits per heavy atom. The van der Waals surface area contributed by atoms with Gasteiger partial charge in [0, 0.05) is 49.4 Å². The first-order chi connectivity index (χ1) is 13.7. The van der Waals surface area contributed by atoms with Gasteiger partial charge in [-0.1, -0.05) is 12.1 Å². The van der Waals surface area contributed by atoms with Crippen LogP contribution in [-0.2, 0) is 6.54 Å². The number of aromatic nitrogens is 3. The summed E-state index contributed by atoms with van der Waals surface area (Å²) in [5, 5.41) is 9.08. The third-order valence-corrected chi connectivity index (χ3v) is 5.14. The van der Waals surface area contributed by atoms with Crippen molar-refractivity contribution >= 4 is 5.91 Å². The van der Waals surface area contributed by atoms with Crippen molar-refractivity contribution in [1.82, 2.24) is 19.4 Å². The Morgan fingerprint density at radius 1 is 1.25 bits per heavy atom. The summed E-state index contributed by atoms with van der Waals surface area (Å²) in [4.78, 5) is 23.6. The fourth-order valence-electron chi connectivity index (χ4n) is 3.78. The van der Waals surface area contributed by atoms with Crippen LogP contribution < -0.4 is 0 Å². The minimum atomic E-state index is -0.0211. The van der Waals surface area contributed by atoms with Crippen molar-refractivity contribution in [3.63, 3.8) is 0 Å². The monoisotopic (exact) mass is 371 g/mol. The second kappa shape index (κ2) is 8.05. The van der Waals surface area contributed by atoms with Gasteiger partial charge in [0.15, 0.2) is 0 Å². The minimum Gasteiger partial charge on any atom is -0.338 e. The minimum absolute atomic E-state index is 0.0211. The van der Waals surface area contributed by atoms with Gasteiger partial charge in [-0.2, -0.15) is 5.26 Å². The number of rotatable bonds is 4. The molecule has 3 aromatic rings. The van der Waals surface area contributed by atoms with E-state index in [-0.39, 0.29) is 11.8 Å². The Bertz CT molecular complexity index is 1010. The third-order valence-electron chi connectivity index (χ3n) is 5.14. The lowest BCUT2D eigenvalue weighted by molar-refractivity contribution is 0.0703. The van der Waals surface area contributed by atoms with E-state index >= 15 is 0 Å². The van der Waals surface area contributed by atoms with Crippen LogP contribution in [0, 0.1) is 11.3 Å². The van der Waals surface area contributed by atoms with E-state index in [1.54, 1.807) is 30.5 Å². The van der Waals surface area contributed by atoms with Gasteiger partial charge >= 0.3 is 0 Å². The molecule has 1 saturated heterocycles. The summed E-state index contributed by atoms with van der Waals surface area (Å²) in [6.07, 6.45) is 9.38. The van der Waals surface area contributed by atoms with E-state index in [1.807, 2.05) is 29.6 Å². The topological polar surface area (TPSA) is 74.8 Å². The zero-order chi connectivity index (χ0) is 19.3. The molecule has 3 heterocycles. The standard InChI is InChI=1S/C22H21N5O/c23-13-17-4-1-6-19(12-17)22(28)27-10-3-7-20(16-27)21-25-9-11-26(21)15-18-5-2-8-24-14-18/h1-2,4-6,8-9,11-12,14,20H,3,7,10,15-16H2/t20-/m0/s1. The summed E-state index contributed by atoms with van der Waals surface area (Å²) in [5.41, 5.74) is 2.20. The maximum atomic E-state index is 12.9. The molecule has 2 aromatic heterocycles. The van der Waals surface area contributed by atoms with Gasteiger partial charge < -0.3 is 9.47 Å². The zero-order valence-corrected chi connectivity index (χ0v) is 15.5. The normalized spacial score (nSPS) is 16.5. The number of pyridine rings is 1. The number of carbonyl (C=O) groups is 1. The molecule has 0 spiro atoms. The van der Waals surface area contributed by atoms with E-state index in [4.69, 9.17) is 5.26 Å². The molecule has 0 saturated carbocycles. The molecule has 1 aliphatic heterocycles. The van der Waals surface area contributed by atoms with Gasteiger partial charge in [-0.25, -0.2) is 4.98 Å². The van der Waals surface area contributed by atoms with Crippen molar-refractivity contribution in [3.8, 4) is 6.07 Å². The smallest absolute Gasteiger partial charge is 0.253 e. The van der Waals surface area contributed by atoms with E-state index < -0.39 is 0 Å². The van der Waals surface area contributed by atoms with Gasteiger partial charge in [0.2, 0.25) is 0 Å². The van der Waals surface area contributed by atoms with Gasteiger partial charge in [-0.05, 0) is 42.7 Å². The van der Waals surface area contributed by atoms with Crippen molar-refractivity contribution in [2.24, 2.45) is 0 Å². The van der Waals surface area contributed by atoms with Gasteiger partial charge in [0.25, 0.3) is 5.91 Å². The van der Waals surface area contributed by atoms with Crippen molar-refractivity contribution in [2.45, 2.75) is 25.3 Å². The highest BCUT2D eigenvalue weighted by atomic mass is 16.2. The molecule has 0 unspecified atom stereocenters. The molecule has 0 bridgehead atoms. The highest BCUT2D eigenvalue weighted by Gasteiger charge is 2.28. The zero-order valence-electron chi connectivity index (χ0n) is 15.5.